The van der Waals surface area contributed by atoms with Gasteiger partial charge < -0.3 is 0 Å². The monoisotopic (exact) mass is 341 g/mol. The minimum Gasteiger partial charge on any atom is -0.293 e. The molecule has 2 aromatic rings. The van der Waals surface area contributed by atoms with Crippen molar-refractivity contribution >= 4 is 17.4 Å². The largest absolute Gasteiger partial charge is 0.380 e. The maximum absolute atomic E-state index is 12.6. The van der Waals surface area contributed by atoms with Gasteiger partial charge in [0.15, 0.2) is 0 Å². The zero-order chi connectivity index (χ0) is 18.0. The molecule has 1 aliphatic rings. The van der Waals surface area contributed by atoms with Gasteiger partial charge in [0.2, 0.25) is 5.78 Å². The summed E-state index contributed by atoms with van der Waals surface area (Å²) in [6, 6.07) is 9.57. The third-order valence-corrected chi connectivity index (χ3v) is 3.99. The molecule has 2 aromatic carbocycles. The first-order valence-corrected chi connectivity index (χ1v) is 7.85. The fraction of sp³-hybridized carbons (Fsp3) is 0.222. The number of carbonyl (C=O) groups is 2. The van der Waals surface area contributed by atoms with Crippen molar-refractivity contribution in [1.29, 1.82) is 0 Å². The van der Waals surface area contributed by atoms with Crippen molar-refractivity contribution < 1.29 is 24.3 Å². The molecule has 0 spiro atoms. The molecule has 0 saturated heterocycles. The molecule has 7 heteroatoms. The van der Waals surface area contributed by atoms with Crippen LogP contribution in [0.5, 0.6) is 0 Å². The van der Waals surface area contributed by atoms with E-state index >= 15 is 0 Å². The fourth-order valence-electron chi connectivity index (χ4n) is 2.79. The number of nitro benzene ring substituents is 1. The molecular formula is C18H15NO6. The molecule has 0 radical (unpaired) electrons. The van der Waals surface area contributed by atoms with Crippen LogP contribution < -0.4 is 0 Å². The summed E-state index contributed by atoms with van der Waals surface area (Å²) in [5.74, 6) is -1.46. The lowest BCUT2D eigenvalue weighted by atomic mass is 10.0. The number of hydrogen-bond acceptors (Lipinski definition) is 6. The number of hydrogen-bond donors (Lipinski definition) is 0. The van der Waals surface area contributed by atoms with Crippen LogP contribution in [-0.4, -0.2) is 23.3 Å². The van der Waals surface area contributed by atoms with Crippen LogP contribution in [0.25, 0.3) is 11.1 Å². The summed E-state index contributed by atoms with van der Waals surface area (Å²) >= 11 is 0. The van der Waals surface area contributed by atoms with Gasteiger partial charge in [0.25, 0.3) is 5.69 Å². The highest BCUT2D eigenvalue weighted by atomic mass is 17.2. The number of fused-ring (bicyclic) bond motifs is 3. The molecule has 0 saturated carbocycles. The molecule has 3 rings (SSSR count). The van der Waals surface area contributed by atoms with E-state index < -0.39 is 22.4 Å². The third kappa shape index (κ3) is 2.89. The van der Waals surface area contributed by atoms with E-state index in [0.717, 1.165) is 6.42 Å². The molecule has 0 N–H and O–H groups in total. The molecule has 0 aromatic heterocycles. The molecule has 0 unspecified atom stereocenters. The van der Waals surface area contributed by atoms with Crippen LogP contribution in [0.4, 0.5) is 5.69 Å². The molecular weight excluding hydrogens is 326 g/mol. The van der Waals surface area contributed by atoms with Crippen LogP contribution in [0, 0.1) is 10.1 Å². The minimum atomic E-state index is -0.991. The van der Waals surface area contributed by atoms with Gasteiger partial charge >= 0.3 is 5.97 Å². The van der Waals surface area contributed by atoms with Crippen molar-refractivity contribution in [3.05, 3.63) is 63.2 Å². The number of ketones is 1. The normalized spacial score (nSPS) is 11.8. The topological polar surface area (TPSA) is 95.7 Å². The fourth-order valence-corrected chi connectivity index (χ4v) is 2.79. The number of carbonyl (C=O) groups excluding carboxylic acids is 2. The van der Waals surface area contributed by atoms with E-state index in [2.05, 4.69) is 4.89 Å². The summed E-state index contributed by atoms with van der Waals surface area (Å²) in [6.07, 6.45) is 1.54. The van der Waals surface area contributed by atoms with Crippen molar-refractivity contribution in [3.8, 4) is 11.1 Å². The van der Waals surface area contributed by atoms with Gasteiger partial charge in [-0.2, -0.15) is 4.89 Å². The van der Waals surface area contributed by atoms with Crippen LogP contribution in [0.2, 0.25) is 0 Å². The van der Waals surface area contributed by atoms with E-state index in [9.17, 15) is 19.7 Å². The Balaban J connectivity index is 2.02. The summed E-state index contributed by atoms with van der Waals surface area (Å²) in [6.45, 7) is 2.14. The predicted molar refractivity (Wildman–Crippen MR) is 88.2 cm³/mol. The number of benzene rings is 2. The SMILES string of the molecule is CCCCOOC(=O)c1ccc2c(c1[N+](=O)[O-])C(=O)c1ccccc1-2. The first-order chi connectivity index (χ1) is 12.1. The number of rotatable bonds is 6. The number of nitro groups is 1. The lowest BCUT2D eigenvalue weighted by molar-refractivity contribution is -0.385. The van der Waals surface area contributed by atoms with Gasteiger partial charge in [-0.25, -0.2) is 4.79 Å². The first kappa shape index (κ1) is 16.8. The Morgan fingerprint density at radius 2 is 1.84 bits per heavy atom. The second-order valence-corrected chi connectivity index (χ2v) is 5.56. The standard InChI is InChI=1S/C18H15NO6/c1-2-3-10-24-25-18(21)14-9-8-12-11-6-4-5-7-13(11)17(20)15(12)16(14)19(22)23/h4-9H,2-3,10H2,1H3. The van der Waals surface area contributed by atoms with Crippen molar-refractivity contribution in [3.63, 3.8) is 0 Å². The second kappa shape index (κ2) is 6.82. The zero-order valence-corrected chi connectivity index (χ0v) is 13.5. The van der Waals surface area contributed by atoms with Gasteiger partial charge in [-0.05, 0) is 18.1 Å². The van der Waals surface area contributed by atoms with Crippen LogP contribution in [0.3, 0.4) is 0 Å². The van der Waals surface area contributed by atoms with E-state index in [1.165, 1.54) is 12.1 Å². The van der Waals surface area contributed by atoms with Gasteiger partial charge in [0.05, 0.1) is 11.5 Å². The Morgan fingerprint density at radius 3 is 2.52 bits per heavy atom. The van der Waals surface area contributed by atoms with Gasteiger partial charge in [-0.15, -0.1) is 0 Å². The zero-order valence-electron chi connectivity index (χ0n) is 13.5. The van der Waals surface area contributed by atoms with E-state index in [0.29, 0.717) is 23.1 Å². The van der Waals surface area contributed by atoms with Crippen LogP contribution in [0.1, 0.15) is 46.0 Å². The van der Waals surface area contributed by atoms with Crippen LogP contribution in [0.15, 0.2) is 36.4 Å². The van der Waals surface area contributed by atoms with Crippen LogP contribution in [-0.2, 0) is 9.78 Å². The molecule has 0 aliphatic heterocycles. The lowest BCUT2D eigenvalue weighted by Crippen LogP contribution is -2.12. The van der Waals surface area contributed by atoms with Crippen molar-refractivity contribution in [2.45, 2.75) is 19.8 Å². The molecule has 0 amide bonds. The van der Waals surface area contributed by atoms with E-state index in [1.54, 1.807) is 24.3 Å². The Bertz CT molecular complexity index is 874. The van der Waals surface area contributed by atoms with Gasteiger partial charge in [-0.3, -0.25) is 19.8 Å². The highest BCUT2D eigenvalue weighted by molar-refractivity contribution is 6.25. The molecule has 0 heterocycles. The first-order valence-electron chi connectivity index (χ1n) is 7.85. The molecule has 25 heavy (non-hydrogen) atoms. The quantitative estimate of drug-likeness (QED) is 0.294. The summed E-state index contributed by atoms with van der Waals surface area (Å²) < 4.78 is 0. The Kier molecular flexibility index (Phi) is 4.58. The average molecular weight is 341 g/mol. The Morgan fingerprint density at radius 1 is 1.12 bits per heavy atom. The minimum absolute atomic E-state index is 0.0887. The number of nitrogens with zero attached hydrogens (tertiary/aromatic N) is 1. The maximum atomic E-state index is 12.6. The highest BCUT2D eigenvalue weighted by Crippen LogP contribution is 2.42. The molecule has 0 atom stereocenters. The summed E-state index contributed by atoms with van der Waals surface area (Å²) in [7, 11) is 0. The van der Waals surface area contributed by atoms with Crippen molar-refractivity contribution in [2.24, 2.45) is 0 Å². The third-order valence-electron chi connectivity index (χ3n) is 3.99. The molecule has 0 fully saturated rings. The summed E-state index contributed by atoms with van der Waals surface area (Å²) in [4.78, 5) is 45.0. The van der Waals surface area contributed by atoms with Crippen molar-refractivity contribution in [2.75, 3.05) is 6.61 Å². The van der Waals surface area contributed by atoms with Gasteiger partial charge in [0, 0.05) is 11.1 Å². The van der Waals surface area contributed by atoms with E-state index in [-0.39, 0.29) is 17.7 Å². The van der Waals surface area contributed by atoms with E-state index in [1.807, 2.05) is 6.92 Å². The molecule has 1 aliphatic carbocycles. The lowest BCUT2D eigenvalue weighted by Gasteiger charge is -2.07. The van der Waals surface area contributed by atoms with Gasteiger partial charge in [-0.1, -0.05) is 43.7 Å². The van der Waals surface area contributed by atoms with Crippen LogP contribution >= 0.6 is 0 Å². The predicted octanol–water partition coefficient (Wildman–Crippen LogP) is 3.69. The van der Waals surface area contributed by atoms with Gasteiger partial charge in [0.1, 0.15) is 11.1 Å². The number of unbranched alkanes of at least 4 members (excludes halogenated alkanes) is 1. The summed E-state index contributed by atoms with van der Waals surface area (Å²) in [5, 5.41) is 11.6. The molecule has 128 valence electrons. The summed E-state index contributed by atoms with van der Waals surface area (Å²) in [5.41, 5.74) is 0.490. The Hall–Kier alpha value is -3.06. The maximum Gasteiger partial charge on any atom is 0.380 e. The second-order valence-electron chi connectivity index (χ2n) is 5.56. The molecule has 0 bridgehead atoms. The smallest absolute Gasteiger partial charge is 0.293 e. The van der Waals surface area contributed by atoms with Crippen molar-refractivity contribution in [1.82, 2.24) is 0 Å². The Labute approximate surface area is 143 Å². The van der Waals surface area contributed by atoms with E-state index in [4.69, 9.17) is 4.89 Å². The highest BCUT2D eigenvalue weighted by Gasteiger charge is 2.38. The average Bonchev–Trinajstić information content (AvgIpc) is 2.91. The molecule has 7 nitrogen and oxygen atoms in total.